The van der Waals surface area contributed by atoms with Crippen molar-refractivity contribution in [2.75, 3.05) is 0 Å². The molecule has 1 aromatic heterocycles. The monoisotopic (exact) mass is 379 g/mol. The van der Waals surface area contributed by atoms with E-state index in [1.165, 1.54) is 0 Å². The van der Waals surface area contributed by atoms with Crippen LogP contribution in [0.2, 0.25) is 10.2 Å². The third-order valence-corrected chi connectivity index (χ3v) is 1.42. The Hall–Kier alpha value is 0.760. The van der Waals surface area contributed by atoms with Crippen molar-refractivity contribution in [2.24, 2.45) is 0 Å². The van der Waals surface area contributed by atoms with Crippen molar-refractivity contribution in [1.29, 1.82) is 0 Å². The second kappa shape index (κ2) is 6.47. The minimum absolute atomic E-state index is 0.356. The zero-order chi connectivity index (χ0) is 7.98. The summed E-state index contributed by atoms with van der Waals surface area (Å²) in [5.41, 5.74) is 0. The molecule has 0 fully saturated rings. The summed E-state index contributed by atoms with van der Waals surface area (Å²) in [5, 5.41) is 0.850. The van der Waals surface area contributed by atoms with Gasteiger partial charge in [0.1, 0.15) is 5.15 Å². The van der Waals surface area contributed by atoms with Crippen LogP contribution in [0.25, 0.3) is 0 Å². The van der Waals surface area contributed by atoms with Crippen molar-refractivity contribution in [3.63, 3.8) is 0 Å². The SMILES string of the molecule is Clc1cccnc1Cl.[Cl][Au]. The van der Waals surface area contributed by atoms with Gasteiger partial charge in [0.25, 0.3) is 0 Å². The van der Waals surface area contributed by atoms with Crippen LogP contribution in [0, 0.1) is 0 Å². The molecule has 10 heavy (non-hydrogen) atoms. The molecule has 0 amide bonds. The van der Waals surface area contributed by atoms with E-state index < -0.39 is 0 Å². The standard InChI is InChI=1S/C5H3Cl2N.Au.ClH/c6-4-2-1-3-8-5(4)7;;/h1-3H;;1H/q;+1;/p-1. The number of hydrogen-bond acceptors (Lipinski definition) is 1. The summed E-state index contributed by atoms with van der Waals surface area (Å²) in [7, 11) is 4.58. The predicted molar refractivity (Wildman–Crippen MR) is 40.1 cm³/mol. The normalized spacial score (nSPS) is 8.10. The van der Waals surface area contributed by atoms with Crippen LogP contribution < -0.4 is 0 Å². The van der Waals surface area contributed by atoms with Gasteiger partial charge in [-0.1, -0.05) is 23.2 Å². The van der Waals surface area contributed by atoms with E-state index in [-0.39, 0.29) is 0 Å². The molecule has 0 radical (unpaired) electrons. The topological polar surface area (TPSA) is 12.9 Å². The Labute approximate surface area is 85.4 Å². The van der Waals surface area contributed by atoms with Crippen LogP contribution in [-0.4, -0.2) is 4.98 Å². The summed E-state index contributed by atoms with van der Waals surface area (Å²) in [4.78, 5) is 3.71. The Morgan fingerprint density at radius 1 is 1.30 bits per heavy atom. The van der Waals surface area contributed by atoms with E-state index >= 15 is 0 Å². The van der Waals surface area contributed by atoms with Crippen molar-refractivity contribution in [1.82, 2.24) is 4.98 Å². The van der Waals surface area contributed by atoms with E-state index in [1.807, 2.05) is 0 Å². The Morgan fingerprint density at radius 3 is 2.20 bits per heavy atom. The summed E-state index contributed by atoms with van der Waals surface area (Å²) in [6.45, 7) is 0. The molecule has 0 aliphatic rings. The van der Waals surface area contributed by atoms with Gasteiger partial charge in [-0.3, -0.25) is 0 Å². The Bertz CT molecular complexity index is 173. The molecule has 0 aliphatic carbocycles. The third kappa shape index (κ3) is 3.81. The molecule has 0 saturated carbocycles. The van der Waals surface area contributed by atoms with Crippen LogP contribution in [0.4, 0.5) is 0 Å². The zero-order valence-electron chi connectivity index (χ0n) is 4.61. The number of pyridine rings is 1. The Morgan fingerprint density at radius 2 is 1.90 bits per heavy atom. The maximum atomic E-state index is 5.51. The van der Waals surface area contributed by atoms with Gasteiger partial charge in [0.15, 0.2) is 0 Å². The first-order chi connectivity index (χ1) is 4.80. The first-order valence-corrected chi connectivity index (χ1v) is 5.62. The average Bonchev–Trinajstić information content (AvgIpc) is 2.00. The molecule has 1 heterocycles. The molecule has 0 atom stereocenters. The molecule has 0 N–H and O–H groups in total. The summed E-state index contributed by atoms with van der Waals surface area (Å²) in [6, 6.07) is 3.42. The minimum atomic E-state index is 0.356. The van der Waals surface area contributed by atoms with Crippen LogP contribution in [0.5, 0.6) is 0 Å². The van der Waals surface area contributed by atoms with E-state index in [9.17, 15) is 0 Å². The summed E-state index contributed by atoms with van der Waals surface area (Å²) in [5.74, 6) is 0. The molecule has 1 rings (SSSR count). The van der Waals surface area contributed by atoms with Crippen molar-refractivity contribution in [2.45, 2.75) is 0 Å². The number of rotatable bonds is 0. The predicted octanol–water partition coefficient (Wildman–Crippen LogP) is 3.08. The summed E-state index contributed by atoms with van der Waals surface area (Å²) in [6.07, 6.45) is 1.59. The first kappa shape index (κ1) is 10.8. The Balaban J connectivity index is 0.000000371. The van der Waals surface area contributed by atoms with Crippen LogP contribution in [0.1, 0.15) is 0 Å². The molecule has 0 saturated heterocycles. The molecule has 1 aromatic rings. The van der Waals surface area contributed by atoms with Gasteiger partial charge >= 0.3 is 29.2 Å². The van der Waals surface area contributed by atoms with Gasteiger partial charge < -0.3 is 0 Å². The van der Waals surface area contributed by atoms with Gasteiger partial charge in [-0.05, 0) is 12.1 Å². The van der Waals surface area contributed by atoms with Crippen molar-refractivity contribution < 1.29 is 20.0 Å². The maximum absolute atomic E-state index is 5.51. The molecule has 0 spiro atoms. The second-order valence-corrected chi connectivity index (χ2v) is 2.04. The van der Waals surface area contributed by atoms with E-state index in [4.69, 9.17) is 23.2 Å². The fourth-order valence-corrected chi connectivity index (χ4v) is 0.607. The molecule has 0 bridgehead atoms. The van der Waals surface area contributed by atoms with E-state index in [0.29, 0.717) is 10.2 Å². The first-order valence-electron chi connectivity index (χ1n) is 2.18. The van der Waals surface area contributed by atoms with Gasteiger partial charge in [0, 0.05) is 6.20 Å². The van der Waals surface area contributed by atoms with Crippen LogP contribution in [0.15, 0.2) is 18.3 Å². The van der Waals surface area contributed by atoms with Crippen molar-refractivity contribution >= 4 is 32.4 Å². The van der Waals surface area contributed by atoms with E-state index in [1.54, 1.807) is 38.3 Å². The molecular formula is C5H3AuCl3N. The molecule has 60 valence electrons. The van der Waals surface area contributed by atoms with Gasteiger partial charge in [0.05, 0.1) is 5.02 Å². The number of halogens is 3. The average molecular weight is 380 g/mol. The number of hydrogen-bond donors (Lipinski definition) is 0. The fraction of sp³-hybridized carbons (Fsp3) is 0. The van der Waals surface area contributed by atoms with Gasteiger partial charge in [0.2, 0.25) is 0 Å². The summed E-state index contributed by atoms with van der Waals surface area (Å²) >= 11 is 12.7. The van der Waals surface area contributed by atoms with Crippen LogP contribution in [0.3, 0.4) is 0 Å². The van der Waals surface area contributed by atoms with Crippen LogP contribution >= 0.6 is 32.4 Å². The Kier molecular flexibility index (Phi) is 6.96. The number of aromatic nitrogens is 1. The molecule has 1 nitrogen and oxygen atoms in total. The zero-order valence-corrected chi connectivity index (χ0v) is 9.05. The van der Waals surface area contributed by atoms with E-state index in [0.717, 1.165) is 0 Å². The van der Waals surface area contributed by atoms with Crippen molar-refractivity contribution in [3.8, 4) is 0 Å². The molecule has 0 aromatic carbocycles. The molecular weight excluding hydrogens is 377 g/mol. The van der Waals surface area contributed by atoms with Gasteiger partial charge in [-0.2, -0.15) is 0 Å². The fourth-order valence-electron chi connectivity index (χ4n) is 0.366. The molecule has 0 aliphatic heterocycles. The van der Waals surface area contributed by atoms with Gasteiger partial charge in [-0.25, -0.2) is 4.98 Å². The third-order valence-electron chi connectivity index (χ3n) is 0.714. The number of nitrogens with zero attached hydrogens (tertiary/aromatic N) is 1. The quantitative estimate of drug-likeness (QED) is 0.498. The van der Waals surface area contributed by atoms with Gasteiger partial charge in [-0.15, -0.1) is 0 Å². The van der Waals surface area contributed by atoms with Crippen LogP contribution in [-0.2, 0) is 20.0 Å². The molecule has 0 unspecified atom stereocenters. The molecule has 5 heteroatoms. The second-order valence-electron chi connectivity index (χ2n) is 1.28. The van der Waals surface area contributed by atoms with Crippen molar-refractivity contribution in [3.05, 3.63) is 28.5 Å². The summed E-state index contributed by atoms with van der Waals surface area (Å²) < 4.78 is 0. The van der Waals surface area contributed by atoms with E-state index in [2.05, 4.69) is 14.2 Å².